The molecule has 21 heavy (non-hydrogen) atoms. The Bertz CT molecular complexity index is 704. The predicted octanol–water partition coefficient (Wildman–Crippen LogP) is 3.94. The molecule has 2 N–H and O–H groups in total. The van der Waals surface area contributed by atoms with E-state index in [2.05, 4.69) is 10.6 Å². The Balaban J connectivity index is 1.72. The summed E-state index contributed by atoms with van der Waals surface area (Å²) in [5, 5.41) is 7.07. The van der Waals surface area contributed by atoms with Gasteiger partial charge in [0.25, 0.3) is 5.91 Å². The predicted molar refractivity (Wildman–Crippen MR) is 84.4 cm³/mol. The van der Waals surface area contributed by atoms with E-state index in [9.17, 15) is 4.79 Å². The van der Waals surface area contributed by atoms with Gasteiger partial charge in [-0.25, -0.2) is 0 Å². The fourth-order valence-corrected chi connectivity index (χ4v) is 2.35. The first-order valence-electron chi connectivity index (χ1n) is 6.36. The molecule has 0 aromatic heterocycles. The standard InChI is InChI=1S/C15H12Cl2N2O2/c16-11-3-2-10(6-12(11)17)18-7-9-1-4-14-13(5-9)19-15(20)8-21-14/h1-6,18H,7-8H2,(H,19,20). The molecule has 0 saturated carbocycles. The van der Waals surface area contributed by atoms with E-state index in [1.165, 1.54) is 0 Å². The third kappa shape index (κ3) is 3.23. The van der Waals surface area contributed by atoms with Gasteiger partial charge in [0, 0.05) is 12.2 Å². The summed E-state index contributed by atoms with van der Waals surface area (Å²) in [6.07, 6.45) is 0. The number of rotatable bonds is 3. The van der Waals surface area contributed by atoms with E-state index in [1.807, 2.05) is 24.3 Å². The fraction of sp³-hybridized carbons (Fsp3) is 0.133. The van der Waals surface area contributed by atoms with Crippen LogP contribution in [0, 0.1) is 0 Å². The maximum Gasteiger partial charge on any atom is 0.262 e. The molecule has 2 aromatic rings. The lowest BCUT2D eigenvalue weighted by Crippen LogP contribution is -2.25. The first kappa shape index (κ1) is 14.0. The summed E-state index contributed by atoms with van der Waals surface area (Å²) in [6, 6.07) is 11.1. The Hall–Kier alpha value is -1.91. The number of carbonyl (C=O) groups is 1. The van der Waals surface area contributed by atoms with Crippen molar-refractivity contribution in [2.24, 2.45) is 0 Å². The number of hydrogen-bond donors (Lipinski definition) is 2. The third-order valence-electron chi connectivity index (χ3n) is 3.09. The van der Waals surface area contributed by atoms with E-state index in [0.29, 0.717) is 28.0 Å². The van der Waals surface area contributed by atoms with Crippen LogP contribution in [0.3, 0.4) is 0 Å². The molecule has 0 bridgehead atoms. The molecular weight excluding hydrogens is 311 g/mol. The normalized spacial score (nSPS) is 13.1. The zero-order chi connectivity index (χ0) is 14.8. The van der Waals surface area contributed by atoms with Gasteiger partial charge in [-0.3, -0.25) is 4.79 Å². The van der Waals surface area contributed by atoms with Crippen molar-refractivity contribution in [3.63, 3.8) is 0 Å². The Labute approximate surface area is 132 Å². The molecule has 4 nitrogen and oxygen atoms in total. The first-order chi connectivity index (χ1) is 10.1. The first-order valence-corrected chi connectivity index (χ1v) is 7.12. The Morgan fingerprint density at radius 3 is 2.81 bits per heavy atom. The van der Waals surface area contributed by atoms with Gasteiger partial charge in [0.05, 0.1) is 15.7 Å². The molecule has 1 amide bonds. The molecule has 0 aliphatic carbocycles. The van der Waals surface area contributed by atoms with E-state index < -0.39 is 0 Å². The highest BCUT2D eigenvalue weighted by Gasteiger charge is 2.15. The van der Waals surface area contributed by atoms with Gasteiger partial charge in [0.2, 0.25) is 0 Å². The Kier molecular flexibility index (Phi) is 3.90. The monoisotopic (exact) mass is 322 g/mol. The molecular formula is C15H12Cl2N2O2. The zero-order valence-electron chi connectivity index (χ0n) is 11.0. The average molecular weight is 323 g/mol. The lowest BCUT2D eigenvalue weighted by molar-refractivity contribution is -0.118. The van der Waals surface area contributed by atoms with Crippen LogP contribution < -0.4 is 15.4 Å². The van der Waals surface area contributed by atoms with Gasteiger partial charge in [-0.1, -0.05) is 29.3 Å². The van der Waals surface area contributed by atoms with Gasteiger partial charge in [-0.15, -0.1) is 0 Å². The fourth-order valence-electron chi connectivity index (χ4n) is 2.05. The third-order valence-corrected chi connectivity index (χ3v) is 3.83. The van der Waals surface area contributed by atoms with Crippen LogP contribution in [0.2, 0.25) is 10.0 Å². The molecule has 0 spiro atoms. The topological polar surface area (TPSA) is 50.4 Å². The summed E-state index contributed by atoms with van der Waals surface area (Å²) in [5.41, 5.74) is 2.59. The number of ether oxygens (including phenoxy) is 1. The number of fused-ring (bicyclic) bond motifs is 1. The lowest BCUT2D eigenvalue weighted by atomic mass is 10.1. The van der Waals surface area contributed by atoms with E-state index >= 15 is 0 Å². The van der Waals surface area contributed by atoms with Crippen LogP contribution in [-0.4, -0.2) is 12.5 Å². The molecule has 0 atom stereocenters. The minimum atomic E-state index is -0.142. The quantitative estimate of drug-likeness (QED) is 0.900. The second-order valence-electron chi connectivity index (χ2n) is 4.65. The van der Waals surface area contributed by atoms with Gasteiger partial charge in [-0.2, -0.15) is 0 Å². The molecule has 108 valence electrons. The van der Waals surface area contributed by atoms with Crippen molar-refractivity contribution in [3.8, 4) is 5.75 Å². The van der Waals surface area contributed by atoms with Gasteiger partial charge in [-0.05, 0) is 35.9 Å². The Morgan fingerprint density at radius 1 is 1.14 bits per heavy atom. The van der Waals surface area contributed by atoms with Crippen molar-refractivity contribution < 1.29 is 9.53 Å². The summed E-state index contributed by atoms with van der Waals surface area (Å²) in [5.74, 6) is 0.546. The highest BCUT2D eigenvalue weighted by atomic mass is 35.5. The van der Waals surface area contributed by atoms with Crippen LogP contribution in [0.4, 0.5) is 11.4 Å². The molecule has 6 heteroatoms. The van der Waals surface area contributed by atoms with Crippen molar-refractivity contribution >= 4 is 40.5 Å². The molecule has 0 radical (unpaired) electrons. The van der Waals surface area contributed by atoms with E-state index in [0.717, 1.165) is 11.3 Å². The van der Waals surface area contributed by atoms with Gasteiger partial charge in [0.1, 0.15) is 5.75 Å². The van der Waals surface area contributed by atoms with E-state index in [-0.39, 0.29) is 12.5 Å². The highest BCUT2D eigenvalue weighted by Crippen LogP contribution is 2.29. The smallest absolute Gasteiger partial charge is 0.262 e. The van der Waals surface area contributed by atoms with Crippen LogP contribution in [0.25, 0.3) is 0 Å². The molecule has 0 unspecified atom stereocenters. The molecule has 2 aromatic carbocycles. The average Bonchev–Trinajstić information content (AvgIpc) is 2.48. The maximum absolute atomic E-state index is 11.3. The van der Waals surface area contributed by atoms with Crippen molar-refractivity contribution in [1.29, 1.82) is 0 Å². The van der Waals surface area contributed by atoms with Crippen LogP contribution >= 0.6 is 23.2 Å². The second-order valence-corrected chi connectivity index (χ2v) is 5.46. The van der Waals surface area contributed by atoms with Crippen molar-refractivity contribution in [1.82, 2.24) is 0 Å². The largest absolute Gasteiger partial charge is 0.482 e. The van der Waals surface area contributed by atoms with Crippen LogP contribution in [0.15, 0.2) is 36.4 Å². The molecule has 3 rings (SSSR count). The Morgan fingerprint density at radius 2 is 2.00 bits per heavy atom. The van der Waals surface area contributed by atoms with Crippen molar-refractivity contribution in [2.75, 3.05) is 17.2 Å². The van der Waals surface area contributed by atoms with Crippen molar-refractivity contribution in [2.45, 2.75) is 6.54 Å². The number of halogens is 2. The number of benzene rings is 2. The molecule has 1 heterocycles. The minimum Gasteiger partial charge on any atom is -0.482 e. The number of amides is 1. The molecule has 0 fully saturated rings. The molecule has 0 saturated heterocycles. The zero-order valence-corrected chi connectivity index (χ0v) is 12.5. The lowest BCUT2D eigenvalue weighted by Gasteiger charge is -2.18. The van der Waals surface area contributed by atoms with Crippen LogP contribution in [0.5, 0.6) is 5.75 Å². The summed E-state index contributed by atoms with van der Waals surface area (Å²) < 4.78 is 5.32. The number of hydrogen-bond acceptors (Lipinski definition) is 3. The highest BCUT2D eigenvalue weighted by molar-refractivity contribution is 6.42. The maximum atomic E-state index is 11.3. The summed E-state index contributed by atoms with van der Waals surface area (Å²) in [7, 11) is 0. The van der Waals surface area contributed by atoms with Gasteiger partial charge < -0.3 is 15.4 Å². The summed E-state index contributed by atoms with van der Waals surface area (Å²) >= 11 is 11.8. The molecule has 1 aliphatic heterocycles. The van der Waals surface area contributed by atoms with E-state index in [4.69, 9.17) is 27.9 Å². The molecule has 1 aliphatic rings. The van der Waals surface area contributed by atoms with Crippen LogP contribution in [-0.2, 0) is 11.3 Å². The van der Waals surface area contributed by atoms with Crippen molar-refractivity contribution in [3.05, 3.63) is 52.0 Å². The second kappa shape index (κ2) is 5.84. The van der Waals surface area contributed by atoms with Gasteiger partial charge >= 0.3 is 0 Å². The SMILES string of the molecule is O=C1COc2ccc(CNc3ccc(Cl)c(Cl)c3)cc2N1. The van der Waals surface area contributed by atoms with Gasteiger partial charge in [0.15, 0.2) is 6.61 Å². The van der Waals surface area contributed by atoms with Crippen LogP contribution in [0.1, 0.15) is 5.56 Å². The minimum absolute atomic E-state index is 0.0634. The number of nitrogens with one attached hydrogen (secondary N) is 2. The summed E-state index contributed by atoms with van der Waals surface area (Å²) in [4.78, 5) is 11.3. The van der Waals surface area contributed by atoms with E-state index in [1.54, 1.807) is 12.1 Å². The number of carbonyl (C=O) groups excluding carboxylic acids is 1. The summed E-state index contributed by atoms with van der Waals surface area (Å²) in [6.45, 7) is 0.662. The number of anilines is 2.